The number of hydrogen-bond donors (Lipinski definition) is 1. The molecule has 4 aromatic rings. The van der Waals surface area contributed by atoms with Gasteiger partial charge in [-0.05, 0) is 95.1 Å². The Bertz CT molecular complexity index is 1790. The molecule has 3 aromatic carbocycles. The lowest BCUT2D eigenvalue weighted by molar-refractivity contribution is 0.00578. The molecule has 7 rings (SSSR count). The maximum atomic E-state index is 13.2. The standard InChI is InChI=1S/C35H42BN3O6/c1-33(2,3)43-32(40)39-17-20(18-41-8)13-28(39)31-37-27-12-9-21-15-26-24-11-10-23(36-44-34(4,5)35(6,7)45-36)14-22(24)19-42-29(26)16-25(21)30(27)38-31/h9-12,14-16,20,28H,13,17-19H2,1-8H3,(H,37,38)/t20-,28+/m1/s1. The maximum absolute atomic E-state index is 13.2. The van der Waals surface area contributed by atoms with Crippen LogP contribution in [0, 0.1) is 5.92 Å². The molecule has 2 saturated heterocycles. The van der Waals surface area contributed by atoms with Gasteiger partial charge in [0.2, 0.25) is 0 Å². The molecule has 3 aliphatic rings. The summed E-state index contributed by atoms with van der Waals surface area (Å²) in [4.78, 5) is 23.6. The van der Waals surface area contributed by atoms with E-state index in [4.69, 9.17) is 28.5 Å². The molecular formula is C35H42BN3O6. The Kier molecular flexibility index (Phi) is 7.00. The number of imidazole rings is 1. The molecule has 2 fully saturated rings. The van der Waals surface area contributed by atoms with Crippen LogP contribution in [0.3, 0.4) is 0 Å². The zero-order chi connectivity index (χ0) is 31.9. The van der Waals surface area contributed by atoms with Gasteiger partial charge in [-0.25, -0.2) is 9.78 Å². The van der Waals surface area contributed by atoms with Crippen molar-refractivity contribution in [2.24, 2.45) is 5.92 Å². The number of methoxy groups -OCH3 is 1. The average Bonchev–Trinajstić information content (AvgIpc) is 3.64. The van der Waals surface area contributed by atoms with Crippen molar-refractivity contribution in [3.63, 3.8) is 0 Å². The molecule has 2 atom stereocenters. The summed E-state index contributed by atoms with van der Waals surface area (Å²) in [5.41, 5.74) is 4.69. The van der Waals surface area contributed by atoms with Gasteiger partial charge in [0.05, 0.1) is 34.9 Å². The molecule has 236 valence electrons. The number of aromatic nitrogens is 2. The number of rotatable bonds is 4. The summed E-state index contributed by atoms with van der Waals surface area (Å²) in [6.45, 7) is 15.5. The van der Waals surface area contributed by atoms with Crippen molar-refractivity contribution in [2.45, 2.75) is 84.3 Å². The van der Waals surface area contributed by atoms with Crippen LogP contribution in [-0.2, 0) is 25.4 Å². The third kappa shape index (κ3) is 5.26. The highest BCUT2D eigenvalue weighted by molar-refractivity contribution is 6.62. The lowest BCUT2D eigenvalue weighted by Crippen LogP contribution is -2.41. The molecule has 0 aliphatic carbocycles. The Hall–Kier alpha value is -3.60. The molecular weight excluding hydrogens is 569 g/mol. The summed E-state index contributed by atoms with van der Waals surface area (Å²) in [6, 6.07) is 14.6. The smallest absolute Gasteiger partial charge is 0.488 e. The quantitative estimate of drug-likeness (QED) is 0.263. The molecule has 1 amide bonds. The van der Waals surface area contributed by atoms with Gasteiger partial charge in [0, 0.05) is 30.5 Å². The van der Waals surface area contributed by atoms with Crippen molar-refractivity contribution in [3.8, 4) is 16.9 Å². The summed E-state index contributed by atoms with van der Waals surface area (Å²) in [6.07, 6.45) is 0.410. The molecule has 1 N–H and O–H groups in total. The van der Waals surface area contributed by atoms with E-state index in [1.165, 1.54) is 0 Å². The molecule has 0 saturated carbocycles. The van der Waals surface area contributed by atoms with Gasteiger partial charge in [-0.15, -0.1) is 0 Å². The number of benzene rings is 3. The van der Waals surface area contributed by atoms with E-state index in [0.29, 0.717) is 19.8 Å². The highest BCUT2D eigenvalue weighted by atomic mass is 16.7. The maximum Gasteiger partial charge on any atom is 0.494 e. The second kappa shape index (κ2) is 10.5. The number of nitrogens with one attached hydrogen (secondary N) is 1. The number of H-pyrrole nitrogens is 1. The van der Waals surface area contributed by atoms with Crippen LogP contribution in [0.2, 0.25) is 0 Å². The molecule has 45 heavy (non-hydrogen) atoms. The fourth-order valence-corrected chi connectivity index (χ4v) is 6.68. The minimum Gasteiger partial charge on any atom is -0.488 e. The van der Waals surface area contributed by atoms with Gasteiger partial charge in [-0.1, -0.05) is 24.3 Å². The summed E-state index contributed by atoms with van der Waals surface area (Å²) in [7, 11) is 1.27. The first-order valence-corrected chi connectivity index (χ1v) is 15.8. The van der Waals surface area contributed by atoms with E-state index >= 15 is 0 Å². The monoisotopic (exact) mass is 611 g/mol. The highest BCUT2D eigenvalue weighted by Crippen LogP contribution is 2.43. The number of fused-ring (bicyclic) bond motifs is 6. The third-order valence-corrected chi connectivity index (χ3v) is 9.65. The van der Waals surface area contributed by atoms with Crippen LogP contribution in [0.25, 0.3) is 32.9 Å². The average molecular weight is 612 g/mol. The van der Waals surface area contributed by atoms with E-state index in [1.54, 1.807) is 12.0 Å². The Balaban J connectivity index is 1.22. The molecule has 0 spiro atoms. The van der Waals surface area contributed by atoms with Gasteiger partial charge in [-0.2, -0.15) is 0 Å². The lowest BCUT2D eigenvalue weighted by atomic mass is 9.77. The SMILES string of the molecule is COC[C@@H]1C[C@@H](c2nc3ccc4cc5c(cc4c3[nH]2)OCc2cc(B3OC(C)(C)C(C)(C)O3)ccc2-5)N(C(=O)OC(C)(C)C)C1. The van der Waals surface area contributed by atoms with Gasteiger partial charge in [0.1, 0.15) is 23.8 Å². The van der Waals surface area contributed by atoms with Crippen molar-refractivity contribution >= 4 is 40.5 Å². The normalized spacial score (nSPS) is 22.0. The first-order chi connectivity index (χ1) is 21.2. The molecule has 4 heterocycles. The number of aromatic amines is 1. The third-order valence-electron chi connectivity index (χ3n) is 9.65. The Morgan fingerprint density at radius 3 is 2.53 bits per heavy atom. The van der Waals surface area contributed by atoms with Crippen LogP contribution in [-0.4, -0.2) is 65.1 Å². The summed E-state index contributed by atoms with van der Waals surface area (Å²) < 4.78 is 30.2. The lowest BCUT2D eigenvalue weighted by Gasteiger charge is -2.32. The van der Waals surface area contributed by atoms with E-state index in [2.05, 4.69) is 69.1 Å². The largest absolute Gasteiger partial charge is 0.494 e. The zero-order valence-electron chi connectivity index (χ0n) is 27.4. The van der Waals surface area contributed by atoms with Crippen molar-refractivity contribution < 1.29 is 28.3 Å². The fraction of sp³-hybridized carbons (Fsp3) is 0.486. The number of amides is 1. The second-order valence-electron chi connectivity index (χ2n) is 14.7. The van der Waals surface area contributed by atoms with Gasteiger partial charge in [0.15, 0.2) is 0 Å². The van der Waals surface area contributed by atoms with Crippen LogP contribution >= 0.6 is 0 Å². The molecule has 1 aromatic heterocycles. The number of carbonyl (C=O) groups is 1. The highest BCUT2D eigenvalue weighted by Gasteiger charge is 2.51. The van der Waals surface area contributed by atoms with Crippen molar-refractivity contribution in [1.29, 1.82) is 0 Å². The van der Waals surface area contributed by atoms with E-state index in [1.807, 2.05) is 26.8 Å². The zero-order valence-corrected chi connectivity index (χ0v) is 27.4. The Morgan fingerprint density at radius 1 is 1.07 bits per heavy atom. The molecule has 0 bridgehead atoms. The minimum atomic E-state index is -0.587. The Labute approximate surface area is 264 Å². The van der Waals surface area contributed by atoms with Crippen LogP contribution in [0.5, 0.6) is 5.75 Å². The number of hydrogen-bond acceptors (Lipinski definition) is 7. The van der Waals surface area contributed by atoms with Crippen molar-refractivity contribution in [3.05, 3.63) is 53.9 Å². The topological polar surface area (TPSA) is 95.1 Å². The fourth-order valence-electron chi connectivity index (χ4n) is 6.68. The summed E-state index contributed by atoms with van der Waals surface area (Å²) >= 11 is 0. The van der Waals surface area contributed by atoms with E-state index < -0.39 is 23.9 Å². The van der Waals surface area contributed by atoms with Crippen molar-refractivity contribution in [1.82, 2.24) is 14.9 Å². The molecule has 0 unspecified atom stereocenters. The van der Waals surface area contributed by atoms with Crippen LogP contribution in [0.4, 0.5) is 4.79 Å². The first-order valence-electron chi connectivity index (χ1n) is 15.8. The molecule has 0 radical (unpaired) electrons. The van der Waals surface area contributed by atoms with Gasteiger partial charge < -0.3 is 28.5 Å². The molecule has 3 aliphatic heterocycles. The van der Waals surface area contributed by atoms with Gasteiger partial charge in [0.25, 0.3) is 0 Å². The van der Waals surface area contributed by atoms with Crippen molar-refractivity contribution in [2.75, 3.05) is 20.3 Å². The van der Waals surface area contributed by atoms with E-state index in [-0.39, 0.29) is 18.1 Å². The number of nitrogens with zero attached hydrogens (tertiary/aromatic N) is 2. The first kappa shape index (κ1) is 30.1. The Morgan fingerprint density at radius 2 is 1.82 bits per heavy atom. The predicted octanol–water partition coefficient (Wildman–Crippen LogP) is 6.52. The molecule has 9 nitrogen and oxygen atoms in total. The summed E-state index contributed by atoms with van der Waals surface area (Å²) in [5.74, 6) is 1.78. The van der Waals surface area contributed by atoms with E-state index in [0.717, 1.165) is 62.0 Å². The molecule has 10 heteroatoms. The van der Waals surface area contributed by atoms with Gasteiger partial charge in [-0.3, -0.25) is 4.90 Å². The van der Waals surface area contributed by atoms with Gasteiger partial charge >= 0.3 is 13.2 Å². The van der Waals surface area contributed by atoms with E-state index in [9.17, 15) is 4.79 Å². The minimum absolute atomic E-state index is 0.197. The van der Waals surface area contributed by atoms with Crippen LogP contribution < -0.4 is 10.2 Å². The van der Waals surface area contributed by atoms with Crippen LogP contribution in [0.1, 0.15) is 72.3 Å². The number of ether oxygens (including phenoxy) is 3. The predicted molar refractivity (Wildman–Crippen MR) is 175 cm³/mol. The number of carbonyl (C=O) groups excluding carboxylic acids is 1. The van der Waals surface area contributed by atoms with Crippen LogP contribution in [0.15, 0.2) is 42.5 Å². The summed E-state index contributed by atoms with van der Waals surface area (Å²) in [5, 5.41) is 2.10. The number of likely N-dealkylation sites (tertiary alicyclic amines) is 1. The second-order valence-corrected chi connectivity index (χ2v) is 14.7.